The van der Waals surface area contributed by atoms with Crippen molar-refractivity contribution in [3.8, 4) is 0 Å². The van der Waals surface area contributed by atoms with Gasteiger partial charge in [-0.2, -0.15) is 0 Å². The highest BCUT2D eigenvalue weighted by Crippen LogP contribution is 2.32. The van der Waals surface area contributed by atoms with E-state index in [-0.39, 0.29) is 0 Å². The zero-order valence-corrected chi connectivity index (χ0v) is 14.3. The first-order chi connectivity index (χ1) is 11.1. The molecule has 116 valence electrons. The molecule has 3 aromatic rings. The molecule has 5 nitrogen and oxygen atoms in total. The van der Waals surface area contributed by atoms with E-state index in [0.29, 0.717) is 22.3 Å². The van der Waals surface area contributed by atoms with Gasteiger partial charge in [0.25, 0.3) is 0 Å². The van der Waals surface area contributed by atoms with Gasteiger partial charge >= 0.3 is 0 Å². The van der Waals surface area contributed by atoms with Crippen LogP contribution in [0.15, 0.2) is 59.3 Å². The predicted molar refractivity (Wildman–Crippen MR) is 98.6 cm³/mol. The highest BCUT2D eigenvalue weighted by Gasteiger charge is 2.11. The Labute approximate surface area is 147 Å². The second-order valence-electron chi connectivity index (χ2n) is 4.69. The monoisotopic (exact) mass is 389 g/mol. The summed E-state index contributed by atoms with van der Waals surface area (Å²) in [6, 6.07) is 15.1. The number of nitrogens with two attached hydrogens (primary N) is 1. The molecule has 0 fully saturated rings. The van der Waals surface area contributed by atoms with Gasteiger partial charge in [-0.1, -0.05) is 35.9 Å². The first-order valence-corrected chi connectivity index (χ1v) is 7.96. The molecular formula is C16H13BrClN5. The van der Waals surface area contributed by atoms with Gasteiger partial charge in [-0.15, -0.1) is 0 Å². The van der Waals surface area contributed by atoms with E-state index in [1.807, 2.05) is 42.5 Å². The average Bonchev–Trinajstić information content (AvgIpc) is 2.55. The molecule has 23 heavy (non-hydrogen) atoms. The van der Waals surface area contributed by atoms with Crippen LogP contribution in [-0.4, -0.2) is 9.97 Å². The van der Waals surface area contributed by atoms with Crippen molar-refractivity contribution in [3.05, 3.63) is 64.4 Å². The van der Waals surface area contributed by atoms with Crippen molar-refractivity contribution >= 4 is 56.2 Å². The van der Waals surface area contributed by atoms with Crippen molar-refractivity contribution in [3.63, 3.8) is 0 Å². The van der Waals surface area contributed by atoms with Gasteiger partial charge in [0.15, 0.2) is 11.6 Å². The van der Waals surface area contributed by atoms with Gasteiger partial charge in [0, 0.05) is 4.47 Å². The normalized spacial score (nSPS) is 10.3. The van der Waals surface area contributed by atoms with E-state index in [9.17, 15) is 0 Å². The first-order valence-electron chi connectivity index (χ1n) is 6.78. The third-order valence-corrected chi connectivity index (χ3v) is 4.16. The molecule has 4 N–H and O–H groups in total. The standard InChI is InChI=1S/C16H13BrClN5/c17-10-5-1-3-7-12(10)22-15-14(19)16(21-9-20-15)23-13-8-4-2-6-11(13)18/h1-9H,19H2,(H2,20,21,22,23). The summed E-state index contributed by atoms with van der Waals surface area (Å²) in [4.78, 5) is 8.38. The average molecular weight is 391 g/mol. The SMILES string of the molecule is Nc1c(Nc2ccccc2Cl)ncnc1Nc1ccccc1Br. The minimum atomic E-state index is 0.406. The number of nitrogens with one attached hydrogen (secondary N) is 2. The lowest BCUT2D eigenvalue weighted by Gasteiger charge is -2.13. The van der Waals surface area contributed by atoms with E-state index in [1.165, 1.54) is 6.33 Å². The zero-order valence-electron chi connectivity index (χ0n) is 11.9. The number of halogens is 2. The van der Waals surface area contributed by atoms with Crippen molar-refractivity contribution in [1.29, 1.82) is 0 Å². The van der Waals surface area contributed by atoms with Gasteiger partial charge in [-0.3, -0.25) is 0 Å². The van der Waals surface area contributed by atoms with E-state index < -0.39 is 0 Å². The maximum atomic E-state index is 6.17. The van der Waals surface area contributed by atoms with Gasteiger partial charge in [-0.05, 0) is 40.2 Å². The highest BCUT2D eigenvalue weighted by molar-refractivity contribution is 9.10. The molecule has 0 aliphatic carbocycles. The van der Waals surface area contributed by atoms with Crippen molar-refractivity contribution in [2.45, 2.75) is 0 Å². The third kappa shape index (κ3) is 3.55. The van der Waals surface area contributed by atoms with Crippen LogP contribution in [0.3, 0.4) is 0 Å². The Bertz CT molecular complexity index is 774. The summed E-state index contributed by atoms with van der Waals surface area (Å²) >= 11 is 9.63. The van der Waals surface area contributed by atoms with E-state index in [1.54, 1.807) is 6.07 Å². The molecule has 0 atom stereocenters. The molecule has 0 bridgehead atoms. The Hall–Kier alpha value is -2.31. The van der Waals surface area contributed by atoms with Crippen molar-refractivity contribution in [1.82, 2.24) is 9.97 Å². The number of benzene rings is 2. The van der Waals surface area contributed by atoms with E-state index >= 15 is 0 Å². The number of hydrogen-bond acceptors (Lipinski definition) is 5. The lowest BCUT2D eigenvalue weighted by Crippen LogP contribution is -2.05. The fourth-order valence-electron chi connectivity index (χ4n) is 1.98. The van der Waals surface area contributed by atoms with Gasteiger partial charge in [-0.25, -0.2) is 9.97 Å². The number of para-hydroxylation sites is 2. The topological polar surface area (TPSA) is 75.9 Å². The summed E-state index contributed by atoms with van der Waals surface area (Å²) in [7, 11) is 0. The number of nitrogens with zero attached hydrogens (tertiary/aromatic N) is 2. The van der Waals surface area contributed by atoms with Crippen LogP contribution in [0.25, 0.3) is 0 Å². The molecule has 0 amide bonds. The van der Waals surface area contributed by atoms with Gasteiger partial charge in [0.05, 0.1) is 16.4 Å². The summed E-state index contributed by atoms with van der Waals surface area (Å²) in [5, 5.41) is 6.90. The maximum absolute atomic E-state index is 6.17. The number of rotatable bonds is 4. The molecule has 0 aliphatic rings. The Morgan fingerprint density at radius 1 is 0.870 bits per heavy atom. The van der Waals surface area contributed by atoms with Crippen LogP contribution in [0.5, 0.6) is 0 Å². The minimum absolute atomic E-state index is 0.406. The third-order valence-electron chi connectivity index (χ3n) is 3.14. The molecule has 0 unspecified atom stereocenters. The van der Waals surface area contributed by atoms with Crippen LogP contribution >= 0.6 is 27.5 Å². The maximum Gasteiger partial charge on any atom is 0.159 e. The molecule has 1 aromatic heterocycles. The lowest BCUT2D eigenvalue weighted by molar-refractivity contribution is 1.17. The summed E-state index contributed by atoms with van der Waals surface area (Å²) < 4.78 is 0.915. The highest BCUT2D eigenvalue weighted by atomic mass is 79.9. The van der Waals surface area contributed by atoms with Crippen LogP contribution < -0.4 is 16.4 Å². The zero-order chi connectivity index (χ0) is 16.2. The Kier molecular flexibility index (Phi) is 4.64. The van der Waals surface area contributed by atoms with Crippen molar-refractivity contribution < 1.29 is 0 Å². The Morgan fingerprint density at radius 2 is 1.43 bits per heavy atom. The number of hydrogen-bond donors (Lipinski definition) is 3. The van der Waals surface area contributed by atoms with E-state index in [4.69, 9.17) is 17.3 Å². The molecule has 7 heteroatoms. The van der Waals surface area contributed by atoms with Crippen LogP contribution in [0, 0.1) is 0 Å². The van der Waals surface area contributed by atoms with Crippen LogP contribution in [0.4, 0.5) is 28.7 Å². The summed E-state index contributed by atoms with van der Waals surface area (Å²) in [6.45, 7) is 0. The molecule has 0 saturated heterocycles. The fraction of sp³-hybridized carbons (Fsp3) is 0. The fourth-order valence-corrected chi connectivity index (χ4v) is 2.54. The smallest absolute Gasteiger partial charge is 0.159 e. The van der Waals surface area contributed by atoms with Crippen molar-refractivity contribution in [2.24, 2.45) is 0 Å². The molecule has 1 heterocycles. The van der Waals surface area contributed by atoms with Gasteiger partial charge in [0.1, 0.15) is 12.0 Å². The van der Waals surface area contributed by atoms with Crippen LogP contribution in [-0.2, 0) is 0 Å². The van der Waals surface area contributed by atoms with E-state index in [0.717, 1.165) is 15.8 Å². The molecule has 0 radical (unpaired) electrons. The molecule has 0 saturated carbocycles. The number of aromatic nitrogens is 2. The molecule has 3 rings (SSSR count). The summed E-state index contributed by atoms with van der Waals surface area (Å²) in [6.07, 6.45) is 1.44. The summed E-state index contributed by atoms with van der Waals surface area (Å²) in [5.41, 5.74) is 8.17. The quantitative estimate of drug-likeness (QED) is 0.587. The Balaban J connectivity index is 1.90. The molecule has 0 aliphatic heterocycles. The van der Waals surface area contributed by atoms with Crippen LogP contribution in [0.1, 0.15) is 0 Å². The second-order valence-corrected chi connectivity index (χ2v) is 5.96. The largest absolute Gasteiger partial charge is 0.393 e. The second kappa shape index (κ2) is 6.85. The first kappa shape index (κ1) is 15.6. The van der Waals surface area contributed by atoms with Crippen LogP contribution in [0.2, 0.25) is 5.02 Å². The number of nitrogen functional groups attached to an aromatic ring is 1. The minimum Gasteiger partial charge on any atom is -0.393 e. The van der Waals surface area contributed by atoms with Crippen molar-refractivity contribution in [2.75, 3.05) is 16.4 Å². The Morgan fingerprint density at radius 3 is 2.09 bits per heavy atom. The molecule has 0 spiro atoms. The molecule has 2 aromatic carbocycles. The predicted octanol–water partition coefficient (Wildman–Crippen LogP) is 4.96. The summed E-state index contributed by atoms with van der Waals surface area (Å²) in [5.74, 6) is 1.00. The van der Waals surface area contributed by atoms with Gasteiger partial charge in [0.2, 0.25) is 0 Å². The molecular weight excluding hydrogens is 378 g/mol. The number of anilines is 5. The van der Waals surface area contributed by atoms with E-state index in [2.05, 4.69) is 36.5 Å². The van der Waals surface area contributed by atoms with Gasteiger partial charge < -0.3 is 16.4 Å². The lowest BCUT2D eigenvalue weighted by atomic mass is 10.3.